The van der Waals surface area contributed by atoms with Crippen molar-refractivity contribution in [1.29, 1.82) is 0 Å². The molecule has 1 N–H and O–H groups in total. The molecule has 5 heteroatoms. The summed E-state index contributed by atoms with van der Waals surface area (Å²) in [6, 6.07) is -0.202. The summed E-state index contributed by atoms with van der Waals surface area (Å²) in [4.78, 5) is 26.8. The van der Waals surface area contributed by atoms with Crippen molar-refractivity contribution >= 4 is 12.0 Å². The van der Waals surface area contributed by atoms with Crippen LogP contribution in [0.25, 0.3) is 0 Å². The first-order valence-electron chi connectivity index (χ1n) is 8.46. The Labute approximate surface area is 134 Å². The van der Waals surface area contributed by atoms with Gasteiger partial charge in [-0.15, -0.1) is 0 Å². The van der Waals surface area contributed by atoms with Crippen molar-refractivity contribution in [3.05, 3.63) is 0 Å². The summed E-state index contributed by atoms with van der Waals surface area (Å²) < 4.78 is 4.72. The molecule has 1 rings (SSSR count). The fourth-order valence-electron chi connectivity index (χ4n) is 3.48. The predicted octanol–water partition coefficient (Wildman–Crippen LogP) is 3.18. The Hall–Kier alpha value is -1.26. The Bertz CT molecular complexity index is 397. The highest BCUT2D eigenvalue weighted by Crippen LogP contribution is 2.34. The summed E-state index contributed by atoms with van der Waals surface area (Å²) in [6.45, 7) is 11.2. The standard InChI is InChI=1S/C17H32N2O3/c1-7-13(14(12(3)4)18-16(21)22-6)15(20)19-11-9-10-17(19,5)8-2/h12-14H,7-11H2,1-6H3,(H,18,21). The Kier molecular flexibility index (Phi) is 6.69. The van der Waals surface area contributed by atoms with Gasteiger partial charge in [-0.25, -0.2) is 4.79 Å². The molecule has 128 valence electrons. The highest BCUT2D eigenvalue weighted by molar-refractivity contribution is 5.81. The van der Waals surface area contributed by atoms with Crippen molar-refractivity contribution < 1.29 is 14.3 Å². The number of alkyl carbamates (subject to hydrolysis) is 1. The van der Waals surface area contributed by atoms with E-state index in [0.717, 1.165) is 25.8 Å². The molecule has 3 unspecified atom stereocenters. The van der Waals surface area contributed by atoms with E-state index in [4.69, 9.17) is 4.74 Å². The fourth-order valence-corrected chi connectivity index (χ4v) is 3.48. The van der Waals surface area contributed by atoms with Crippen LogP contribution >= 0.6 is 0 Å². The van der Waals surface area contributed by atoms with Crippen molar-refractivity contribution in [2.75, 3.05) is 13.7 Å². The van der Waals surface area contributed by atoms with Crippen molar-refractivity contribution in [3.8, 4) is 0 Å². The number of rotatable bonds is 6. The van der Waals surface area contributed by atoms with Crippen molar-refractivity contribution in [3.63, 3.8) is 0 Å². The van der Waals surface area contributed by atoms with Gasteiger partial charge in [0, 0.05) is 18.1 Å². The average molecular weight is 312 g/mol. The van der Waals surface area contributed by atoms with Crippen LogP contribution in [0.5, 0.6) is 0 Å². The Balaban J connectivity index is 2.96. The summed E-state index contributed by atoms with van der Waals surface area (Å²) in [5.74, 6) is 0.131. The molecule has 0 aromatic heterocycles. The van der Waals surface area contributed by atoms with Crippen LogP contribution in [0.4, 0.5) is 4.79 Å². The Morgan fingerprint density at radius 1 is 1.32 bits per heavy atom. The number of likely N-dealkylation sites (tertiary alicyclic amines) is 1. The molecule has 1 saturated heterocycles. The summed E-state index contributed by atoms with van der Waals surface area (Å²) in [5, 5.41) is 2.86. The smallest absolute Gasteiger partial charge is 0.407 e. The number of amides is 2. The zero-order valence-electron chi connectivity index (χ0n) is 14.9. The first-order chi connectivity index (χ1) is 10.3. The molecule has 0 spiro atoms. The molecule has 0 aromatic carbocycles. The van der Waals surface area contributed by atoms with Crippen molar-refractivity contribution in [2.45, 2.75) is 71.9 Å². The zero-order valence-corrected chi connectivity index (χ0v) is 14.9. The van der Waals surface area contributed by atoms with Gasteiger partial charge in [0.25, 0.3) is 0 Å². The largest absolute Gasteiger partial charge is 0.453 e. The molecular formula is C17H32N2O3. The second kappa shape index (κ2) is 7.84. The minimum absolute atomic E-state index is 0.0443. The van der Waals surface area contributed by atoms with Gasteiger partial charge in [-0.05, 0) is 38.5 Å². The molecule has 1 fully saturated rings. The van der Waals surface area contributed by atoms with Gasteiger partial charge in [0.15, 0.2) is 0 Å². The third kappa shape index (κ3) is 3.93. The van der Waals surface area contributed by atoms with Gasteiger partial charge in [-0.2, -0.15) is 0 Å². The van der Waals surface area contributed by atoms with Gasteiger partial charge >= 0.3 is 6.09 Å². The van der Waals surface area contributed by atoms with E-state index < -0.39 is 6.09 Å². The minimum Gasteiger partial charge on any atom is -0.453 e. The lowest BCUT2D eigenvalue weighted by Crippen LogP contribution is -2.54. The van der Waals surface area contributed by atoms with E-state index in [0.29, 0.717) is 6.42 Å². The summed E-state index contributed by atoms with van der Waals surface area (Å²) in [7, 11) is 1.35. The van der Waals surface area contributed by atoms with Crippen LogP contribution in [-0.2, 0) is 9.53 Å². The quantitative estimate of drug-likeness (QED) is 0.819. The summed E-state index contributed by atoms with van der Waals surface area (Å²) in [6.07, 6.45) is 3.32. The molecule has 22 heavy (non-hydrogen) atoms. The first kappa shape index (κ1) is 18.8. The minimum atomic E-state index is -0.468. The molecule has 1 heterocycles. The van der Waals surface area contributed by atoms with Gasteiger partial charge in [-0.3, -0.25) is 4.79 Å². The van der Waals surface area contributed by atoms with Crippen LogP contribution in [0, 0.1) is 11.8 Å². The number of ether oxygens (including phenoxy) is 1. The van der Waals surface area contributed by atoms with E-state index in [1.54, 1.807) is 0 Å². The van der Waals surface area contributed by atoms with Gasteiger partial charge in [0.2, 0.25) is 5.91 Å². The number of carbonyl (C=O) groups is 2. The predicted molar refractivity (Wildman–Crippen MR) is 87.6 cm³/mol. The van der Waals surface area contributed by atoms with Gasteiger partial charge in [0.1, 0.15) is 0 Å². The maximum Gasteiger partial charge on any atom is 0.407 e. The lowest BCUT2D eigenvalue weighted by Gasteiger charge is -2.39. The van der Waals surface area contributed by atoms with E-state index >= 15 is 0 Å². The molecule has 2 amide bonds. The van der Waals surface area contributed by atoms with Crippen LogP contribution in [0.3, 0.4) is 0 Å². The monoisotopic (exact) mass is 312 g/mol. The van der Waals surface area contributed by atoms with Crippen LogP contribution in [0.1, 0.15) is 60.3 Å². The SMILES string of the molecule is CCC(C(=O)N1CCCC1(C)CC)C(NC(=O)OC)C(C)C. The summed E-state index contributed by atoms with van der Waals surface area (Å²) in [5.41, 5.74) is -0.0443. The lowest BCUT2D eigenvalue weighted by atomic mass is 9.86. The molecule has 3 atom stereocenters. The number of hydrogen-bond acceptors (Lipinski definition) is 3. The van der Waals surface area contributed by atoms with E-state index in [9.17, 15) is 9.59 Å². The van der Waals surface area contributed by atoms with Crippen LogP contribution in [0.15, 0.2) is 0 Å². The molecule has 0 saturated carbocycles. The Morgan fingerprint density at radius 3 is 2.41 bits per heavy atom. The topological polar surface area (TPSA) is 58.6 Å². The number of hydrogen-bond donors (Lipinski definition) is 1. The van der Waals surface area contributed by atoms with Gasteiger partial charge in [0.05, 0.1) is 13.0 Å². The van der Waals surface area contributed by atoms with Crippen LogP contribution < -0.4 is 5.32 Å². The summed E-state index contributed by atoms with van der Waals surface area (Å²) >= 11 is 0. The zero-order chi connectivity index (χ0) is 16.9. The van der Waals surface area contributed by atoms with Gasteiger partial charge in [-0.1, -0.05) is 27.7 Å². The first-order valence-corrected chi connectivity index (χ1v) is 8.46. The molecule has 1 aliphatic heterocycles. The molecule has 0 bridgehead atoms. The van der Waals surface area contributed by atoms with E-state index in [1.807, 2.05) is 25.7 Å². The van der Waals surface area contributed by atoms with Crippen molar-refractivity contribution in [2.24, 2.45) is 11.8 Å². The molecule has 5 nitrogen and oxygen atoms in total. The molecule has 1 aliphatic rings. The maximum absolute atomic E-state index is 13.1. The highest BCUT2D eigenvalue weighted by Gasteiger charge is 2.42. The molecule has 0 aliphatic carbocycles. The van der Waals surface area contributed by atoms with Crippen LogP contribution in [0.2, 0.25) is 0 Å². The third-order valence-corrected chi connectivity index (χ3v) is 5.16. The second-order valence-corrected chi connectivity index (χ2v) is 6.86. The average Bonchev–Trinajstić information content (AvgIpc) is 2.88. The van der Waals surface area contributed by atoms with Crippen molar-refractivity contribution in [1.82, 2.24) is 10.2 Å². The number of nitrogens with zero attached hydrogens (tertiary/aromatic N) is 1. The molecule has 0 radical (unpaired) electrons. The normalized spacial score (nSPS) is 24.2. The number of nitrogens with one attached hydrogen (secondary N) is 1. The highest BCUT2D eigenvalue weighted by atomic mass is 16.5. The molecular weight excluding hydrogens is 280 g/mol. The molecule has 0 aromatic rings. The van der Waals surface area contributed by atoms with E-state index in [2.05, 4.69) is 19.2 Å². The van der Waals surface area contributed by atoms with E-state index in [1.165, 1.54) is 7.11 Å². The van der Waals surface area contributed by atoms with Crippen LogP contribution in [-0.4, -0.2) is 42.1 Å². The number of methoxy groups -OCH3 is 1. The second-order valence-electron chi connectivity index (χ2n) is 6.86. The maximum atomic E-state index is 13.1. The Morgan fingerprint density at radius 2 is 1.95 bits per heavy atom. The fraction of sp³-hybridized carbons (Fsp3) is 0.882. The van der Waals surface area contributed by atoms with E-state index in [-0.39, 0.29) is 29.3 Å². The van der Waals surface area contributed by atoms with Gasteiger partial charge < -0.3 is 15.0 Å². The third-order valence-electron chi connectivity index (χ3n) is 5.16. The lowest BCUT2D eigenvalue weighted by molar-refractivity contribution is -0.141. The number of carbonyl (C=O) groups excluding carboxylic acids is 2.